The number of benzene rings is 1. The summed E-state index contributed by atoms with van der Waals surface area (Å²) in [6.45, 7) is 0.488. The van der Waals surface area contributed by atoms with Gasteiger partial charge >= 0.3 is 0 Å². The third kappa shape index (κ3) is 2.64. The lowest BCUT2D eigenvalue weighted by atomic mass is 10.2. The van der Waals surface area contributed by atoms with Crippen LogP contribution in [0.2, 0.25) is 0 Å². The molecule has 0 saturated heterocycles. The van der Waals surface area contributed by atoms with Crippen molar-refractivity contribution in [2.75, 3.05) is 21.3 Å². The van der Waals surface area contributed by atoms with Crippen LogP contribution in [-0.2, 0) is 6.54 Å². The van der Waals surface area contributed by atoms with Gasteiger partial charge in [-0.15, -0.1) is 11.3 Å². The maximum absolute atomic E-state index is 5.60. The monoisotopic (exact) mass is 280 g/mol. The van der Waals surface area contributed by atoms with Crippen LogP contribution < -0.4 is 19.9 Å². The van der Waals surface area contributed by atoms with Gasteiger partial charge in [-0.2, -0.15) is 0 Å². The third-order valence-electron chi connectivity index (χ3n) is 2.67. The molecule has 0 aliphatic carbocycles. The van der Waals surface area contributed by atoms with E-state index < -0.39 is 0 Å². The van der Waals surface area contributed by atoms with Gasteiger partial charge in [0.15, 0.2) is 11.5 Å². The number of rotatable bonds is 5. The van der Waals surface area contributed by atoms with E-state index in [-0.39, 0.29) is 0 Å². The van der Waals surface area contributed by atoms with E-state index in [9.17, 15) is 0 Å². The lowest BCUT2D eigenvalue weighted by Crippen LogP contribution is -1.95. The zero-order valence-electron chi connectivity index (χ0n) is 11.1. The lowest BCUT2D eigenvalue weighted by molar-refractivity contribution is 0.324. The van der Waals surface area contributed by atoms with Gasteiger partial charge in [-0.1, -0.05) is 0 Å². The number of aromatic nitrogens is 1. The van der Waals surface area contributed by atoms with Gasteiger partial charge in [-0.3, -0.25) is 0 Å². The summed E-state index contributed by atoms with van der Waals surface area (Å²) in [6, 6.07) is 3.75. The van der Waals surface area contributed by atoms with Gasteiger partial charge in [0.25, 0.3) is 0 Å². The molecule has 1 heterocycles. The predicted molar refractivity (Wildman–Crippen MR) is 75.1 cm³/mol. The first kappa shape index (κ1) is 13.6. The highest BCUT2D eigenvalue weighted by molar-refractivity contribution is 7.15. The van der Waals surface area contributed by atoms with Crippen LogP contribution in [0.3, 0.4) is 0 Å². The van der Waals surface area contributed by atoms with Crippen LogP contribution >= 0.6 is 11.3 Å². The molecule has 0 spiro atoms. The van der Waals surface area contributed by atoms with E-state index in [1.54, 1.807) is 38.9 Å². The molecule has 0 unspecified atom stereocenters. The average molecular weight is 280 g/mol. The van der Waals surface area contributed by atoms with Crippen LogP contribution in [0.25, 0.3) is 10.6 Å². The standard InChI is InChI=1S/C13H16N2O3S/c1-16-10-4-8(5-11(17-2)12(10)18-3)13-15-7-9(6-14)19-13/h4-5,7H,6,14H2,1-3H3. The van der Waals surface area contributed by atoms with E-state index in [4.69, 9.17) is 19.9 Å². The van der Waals surface area contributed by atoms with E-state index in [1.807, 2.05) is 12.1 Å². The first-order valence-corrected chi connectivity index (χ1v) is 6.50. The Hall–Kier alpha value is -1.79. The molecular formula is C13H16N2O3S. The Balaban J connectivity index is 2.51. The minimum Gasteiger partial charge on any atom is -0.493 e. The maximum Gasteiger partial charge on any atom is 0.203 e. The van der Waals surface area contributed by atoms with Crippen molar-refractivity contribution in [3.63, 3.8) is 0 Å². The Kier molecular flexibility index (Phi) is 4.24. The molecule has 19 heavy (non-hydrogen) atoms. The molecule has 5 nitrogen and oxygen atoms in total. The normalized spacial score (nSPS) is 10.3. The highest BCUT2D eigenvalue weighted by Gasteiger charge is 2.15. The zero-order valence-corrected chi connectivity index (χ0v) is 11.9. The molecule has 0 fully saturated rings. The second kappa shape index (κ2) is 5.90. The fourth-order valence-corrected chi connectivity index (χ4v) is 2.52. The number of hydrogen-bond acceptors (Lipinski definition) is 6. The quantitative estimate of drug-likeness (QED) is 0.910. The van der Waals surface area contributed by atoms with Crippen molar-refractivity contribution in [3.8, 4) is 27.8 Å². The lowest BCUT2D eigenvalue weighted by Gasteiger charge is -2.13. The van der Waals surface area contributed by atoms with Gasteiger partial charge in [-0.25, -0.2) is 4.98 Å². The van der Waals surface area contributed by atoms with Gasteiger partial charge in [-0.05, 0) is 12.1 Å². The molecule has 0 amide bonds. The predicted octanol–water partition coefficient (Wildman–Crippen LogP) is 2.29. The Labute approximate surface area is 115 Å². The summed E-state index contributed by atoms with van der Waals surface area (Å²) in [5.74, 6) is 1.80. The highest BCUT2D eigenvalue weighted by Crippen LogP contribution is 2.41. The minimum absolute atomic E-state index is 0.488. The molecule has 0 aliphatic rings. The summed E-state index contributed by atoms with van der Waals surface area (Å²) < 4.78 is 15.9. The van der Waals surface area contributed by atoms with E-state index in [0.717, 1.165) is 15.4 Å². The Morgan fingerprint density at radius 1 is 1.11 bits per heavy atom. The van der Waals surface area contributed by atoms with E-state index >= 15 is 0 Å². The Morgan fingerprint density at radius 2 is 1.74 bits per heavy atom. The Bertz CT molecular complexity index is 544. The summed E-state index contributed by atoms with van der Waals surface area (Å²) in [6.07, 6.45) is 1.78. The second-order valence-corrected chi connectivity index (χ2v) is 4.87. The van der Waals surface area contributed by atoms with Crippen molar-refractivity contribution in [3.05, 3.63) is 23.2 Å². The van der Waals surface area contributed by atoms with Gasteiger partial charge in [0.2, 0.25) is 5.75 Å². The molecule has 0 aliphatic heterocycles. The summed E-state index contributed by atoms with van der Waals surface area (Å²) >= 11 is 1.55. The Morgan fingerprint density at radius 3 is 2.16 bits per heavy atom. The van der Waals surface area contributed by atoms with Crippen molar-refractivity contribution in [2.24, 2.45) is 5.73 Å². The number of hydrogen-bond donors (Lipinski definition) is 1. The molecule has 6 heteroatoms. The fourth-order valence-electron chi connectivity index (χ4n) is 1.74. The van der Waals surface area contributed by atoms with Crippen LogP contribution in [0, 0.1) is 0 Å². The van der Waals surface area contributed by atoms with Gasteiger partial charge in [0, 0.05) is 23.2 Å². The molecule has 0 bridgehead atoms. The summed E-state index contributed by atoms with van der Waals surface area (Å²) in [4.78, 5) is 5.38. The van der Waals surface area contributed by atoms with Crippen LogP contribution in [0.15, 0.2) is 18.3 Å². The van der Waals surface area contributed by atoms with Crippen molar-refractivity contribution in [2.45, 2.75) is 6.54 Å². The van der Waals surface area contributed by atoms with Crippen LogP contribution in [-0.4, -0.2) is 26.3 Å². The average Bonchev–Trinajstić information content (AvgIpc) is 2.94. The molecule has 2 aromatic rings. The number of nitrogens with zero attached hydrogens (tertiary/aromatic N) is 1. The zero-order chi connectivity index (χ0) is 13.8. The first-order valence-electron chi connectivity index (χ1n) is 5.68. The molecule has 0 radical (unpaired) electrons. The minimum atomic E-state index is 0.488. The molecule has 0 saturated carbocycles. The SMILES string of the molecule is COc1cc(-c2ncc(CN)s2)cc(OC)c1OC. The molecule has 102 valence electrons. The van der Waals surface area contributed by atoms with Crippen molar-refractivity contribution >= 4 is 11.3 Å². The van der Waals surface area contributed by atoms with Gasteiger partial charge in [0.1, 0.15) is 5.01 Å². The number of ether oxygens (including phenoxy) is 3. The first-order chi connectivity index (χ1) is 9.23. The van der Waals surface area contributed by atoms with Gasteiger partial charge in [0.05, 0.1) is 21.3 Å². The molecule has 2 N–H and O–H groups in total. The number of thiazole rings is 1. The second-order valence-electron chi connectivity index (χ2n) is 3.75. The fraction of sp³-hybridized carbons (Fsp3) is 0.308. The summed E-state index contributed by atoms with van der Waals surface area (Å²) in [7, 11) is 4.76. The molecule has 1 aromatic carbocycles. The molecular weight excluding hydrogens is 264 g/mol. The molecule has 0 atom stereocenters. The van der Waals surface area contributed by atoms with Crippen LogP contribution in [0.1, 0.15) is 4.88 Å². The van der Waals surface area contributed by atoms with Gasteiger partial charge < -0.3 is 19.9 Å². The van der Waals surface area contributed by atoms with Crippen molar-refractivity contribution < 1.29 is 14.2 Å². The van der Waals surface area contributed by atoms with E-state index in [0.29, 0.717) is 23.8 Å². The topological polar surface area (TPSA) is 66.6 Å². The number of methoxy groups -OCH3 is 3. The van der Waals surface area contributed by atoms with Crippen molar-refractivity contribution in [1.82, 2.24) is 4.98 Å². The number of nitrogens with two attached hydrogens (primary N) is 1. The molecule has 1 aromatic heterocycles. The highest BCUT2D eigenvalue weighted by atomic mass is 32.1. The molecule has 2 rings (SSSR count). The smallest absolute Gasteiger partial charge is 0.203 e. The van der Waals surface area contributed by atoms with Crippen molar-refractivity contribution in [1.29, 1.82) is 0 Å². The van der Waals surface area contributed by atoms with E-state index in [1.165, 1.54) is 0 Å². The summed E-state index contributed by atoms with van der Waals surface area (Å²) in [5, 5.41) is 0.875. The summed E-state index contributed by atoms with van der Waals surface area (Å²) in [5.41, 5.74) is 6.52. The maximum atomic E-state index is 5.60. The van der Waals surface area contributed by atoms with E-state index in [2.05, 4.69) is 4.98 Å². The largest absolute Gasteiger partial charge is 0.493 e. The van der Waals surface area contributed by atoms with Crippen LogP contribution in [0.5, 0.6) is 17.2 Å². The third-order valence-corrected chi connectivity index (χ3v) is 3.74. The van der Waals surface area contributed by atoms with Crippen LogP contribution in [0.4, 0.5) is 0 Å².